The molecule has 2 atom stereocenters. The molecule has 2 aromatic rings. The van der Waals surface area contributed by atoms with Crippen molar-refractivity contribution in [3.63, 3.8) is 0 Å². The summed E-state index contributed by atoms with van der Waals surface area (Å²) in [4.78, 5) is 0. The molecule has 1 aliphatic carbocycles. The van der Waals surface area contributed by atoms with Gasteiger partial charge in [0.15, 0.2) is 0 Å². The molecule has 0 bridgehead atoms. The topological polar surface area (TPSA) is 26.0 Å². The highest BCUT2D eigenvalue weighted by Crippen LogP contribution is 2.52. The van der Waals surface area contributed by atoms with Crippen molar-refractivity contribution in [1.29, 1.82) is 0 Å². The van der Waals surface area contributed by atoms with Crippen molar-refractivity contribution >= 4 is 5.69 Å². The van der Waals surface area contributed by atoms with E-state index in [1.54, 1.807) is 11.1 Å². The summed E-state index contributed by atoms with van der Waals surface area (Å²) >= 11 is 0. The van der Waals surface area contributed by atoms with Gasteiger partial charge in [0.2, 0.25) is 0 Å². The SMILES string of the molecule is CCc1ccccc1C1CCCCC1(CC)Cc1ccc(N)cc1. The number of nitrogens with two attached hydrogens (primary N) is 1. The number of aryl methyl sites for hydroxylation is 1. The van der Waals surface area contributed by atoms with Crippen LogP contribution in [0.2, 0.25) is 0 Å². The number of anilines is 1. The maximum Gasteiger partial charge on any atom is 0.0314 e. The number of rotatable bonds is 5. The number of hydrogen-bond acceptors (Lipinski definition) is 1. The van der Waals surface area contributed by atoms with Gasteiger partial charge in [-0.3, -0.25) is 0 Å². The van der Waals surface area contributed by atoms with Crippen LogP contribution in [-0.2, 0) is 12.8 Å². The second-order valence-corrected chi connectivity index (χ2v) is 7.49. The van der Waals surface area contributed by atoms with Crippen LogP contribution >= 0.6 is 0 Å². The average molecular weight is 322 g/mol. The number of nitrogen functional groups attached to an aromatic ring is 1. The second-order valence-electron chi connectivity index (χ2n) is 7.49. The van der Waals surface area contributed by atoms with Gasteiger partial charge in [-0.2, -0.15) is 0 Å². The zero-order valence-electron chi connectivity index (χ0n) is 15.2. The van der Waals surface area contributed by atoms with Gasteiger partial charge in [-0.05, 0) is 72.3 Å². The Bertz CT molecular complexity index is 658. The van der Waals surface area contributed by atoms with Gasteiger partial charge in [0.05, 0.1) is 0 Å². The first-order valence-corrected chi connectivity index (χ1v) is 9.60. The van der Waals surface area contributed by atoms with Crippen LogP contribution in [-0.4, -0.2) is 0 Å². The average Bonchev–Trinajstić information content (AvgIpc) is 2.64. The van der Waals surface area contributed by atoms with Gasteiger partial charge in [0, 0.05) is 5.69 Å². The Labute approximate surface area is 147 Å². The zero-order valence-corrected chi connectivity index (χ0v) is 15.2. The lowest BCUT2D eigenvalue weighted by molar-refractivity contribution is 0.140. The highest BCUT2D eigenvalue weighted by Gasteiger charge is 2.40. The van der Waals surface area contributed by atoms with Crippen molar-refractivity contribution in [2.75, 3.05) is 5.73 Å². The Morgan fingerprint density at radius 2 is 1.75 bits per heavy atom. The van der Waals surface area contributed by atoms with Gasteiger partial charge in [-0.15, -0.1) is 0 Å². The minimum atomic E-state index is 0.389. The van der Waals surface area contributed by atoms with E-state index in [1.165, 1.54) is 44.1 Å². The third-order valence-corrected chi connectivity index (χ3v) is 6.21. The standard InChI is InChI=1S/C23H31N/c1-3-19-9-5-6-10-21(19)22-11-7-8-16-23(22,4-2)17-18-12-14-20(24)15-13-18/h5-6,9-10,12-15,22H,3-4,7-8,11,16-17,24H2,1-2H3. The van der Waals surface area contributed by atoms with Crippen LogP contribution in [0.5, 0.6) is 0 Å². The Balaban J connectivity index is 1.97. The molecule has 1 fully saturated rings. The van der Waals surface area contributed by atoms with E-state index >= 15 is 0 Å². The van der Waals surface area contributed by atoms with Gasteiger partial charge in [0.1, 0.15) is 0 Å². The first kappa shape index (κ1) is 17.1. The van der Waals surface area contributed by atoms with Gasteiger partial charge in [0.25, 0.3) is 0 Å². The molecule has 0 aliphatic heterocycles. The molecule has 1 aliphatic rings. The van der Waals surface area contributed by atoms with Crippen molar-refractivity contribution in [3.8, 4) is 0 Å². The van der Waals surface area contributed by atoms with Crippen LogP contribution in [0.25, 0.3) is 0 Å². The lowest BCUT2D eigenvalue weighted by Gasteiger charge is -2.45. The first-order valence-electron chi connectivity index (χ1n) is 9.60. The van der Waals surface area contributed by atoms with Crippen molar-refractivity contribution in [3.05, 3.63) is 65.2 Å². The minimum absolute atomic E-state index is 0.389. The summed E-state index contributed by atoms with van der Waals surface area (Å²) in [6.45, 7) is 4.68. The van der Waals surface area contributed by atoms with Gasteiger partial charge in [-0.25, -0.2) is 0 Å². The van der Waals surface area contributed by atoms with E-state index in [0.29, 0.717) is 11.3 Å². The molecule has 3 rings (SSSR count). The molecule has 0 heterocycles. The quantitative estimate of drug-likeness (QED) is 0.659. The molecule has 0 amide bonds. The van der Waals surface area contributed by atoms with Gasteiger partial charge < -0.3 is 5.73 Å². The van der Waals surface area contributed by atoms with E-state index < -0.39 is 0 Å². The van der Waals surface area contributed by atoms with Crippen molar-refractivity contribution in [2.45, 2.75) is 64.7 Å². The third kappa shape index (κ3) is 3.36. The molecule has 2 unspecified atom stereocenters. The lowest BCUT2D eigenvalue weighted by atomic mass is 9.59. The van der Waals surface area contributed by atoms with Gasteiger partial charge >= 0.3 is 0 Å². The molecule has 1 saturated carbocycles. The Hall–Kier alpha value is -1.76. The second kappa shape index (κ2) is 7.42. The zero-order chi connectivity index (χ0) is 17.0. The van der Waals surface area contributed by atoms with Crippen molar-refractivity contribution in [1.82, 2.24) is 0 Å². The summed E-state index contributed by atoms with van der Waals surface area (Å²) in [6.07, 6.45) is 8.97. The predicted octanol–water partition coefficient (Wildman–Crippen LogP) is 6.13. The number of benzene rings is 2. The summed E-state index contributed by atoms with van der Waals surface area (Å²) in [5.74, 6) is 0.685. The molecule has 2 aromatic carbocycles. The Kier molecular flexibility index (Phi) is 5.28. The Morgan fingerprint density at radius 1 is 1.00 bits per heavy atom. The molecule has 0 saturated heterocycles. The van der Waals surface area contributed by atoms with E-state index in [1.807, 2.05) is 0 Å². The van der Waals surface area contributed by atoms with Crippen LogP contribution in [0.3, 0.4) is 0 Å². The maximum atomic E-state index is 5.88. The largest absolute Gasteiger partial charge is 0.399 e. The van der Waals surface area contributed by atoms with Crippen LogP contribution in [0.4, 0.5) is 5.69 Å². The van der Waals surface area contributed by atoms with Crippen LogP contribution < -0.4 is 5.73 Å². The van der Waals surface area contributed by atoms with E-state index in [9.17, 15) is 0 Å². The van der Waals surface area contributed by atoms with Crippen LogP contribution in [0.1, 0.15) is 68.6 Å². The summed E-state index contributed by atoms with van der Waals surface area (Å²) in [7, 11) is 0. The summed E-state index contributed by atoms with van der Waals surface area (Å²) in [6, 6.07) is 17.7. The number of hydrogen-bond donors (Lipinski definition) is 1. The molecule has 1 heteroatoms. The summed E-state index contributed by atoms with van der Waals surface area (Å²) in [5.41, 5.74) is 11.7. The van der Waals surface area contributed by atoms with Crippen LogP contribution in [0, 0.1) is 5.41 Å². The first-order chi connectivity index (χ1) is 11.7. The molecule has 2 N–H and O–H groups in total. The highest BCUT2D eigenvalue weighted by atomic mass is 14.5. The predicted molar refractivity (Wildman–Crippen MR) is 104 cm³/mol. The molecule has 0 aromatic heterocycles. The normalized spacial score (nSPS) is 24.0. The molecule has 1 nitrogen and oxygen atoms in total. The smallest absolute Gasteiger partial charge is 0.0314 e. The van der Waals surface area contributed by atoms with E-state index in [-0.39, 0.29) is 0 Å². The van der Waals surface area contributed by atoms with Gasteiger partial charge in [-0.1, -0.05) is 63.1 Å². The third-order valence-electron chi connectivity index (χ3n) is 6.21. The highest BCUT2D eigenvalue weighted by molar-refractivity contribution is 5.40. The summed E-state index contributed by atoms with van der Waals surface area (Å²) < 4.78 is 0. The fourth-order valence-electron chi connectivity index (χ4n) is 4.79. The maximum absolute atomic E-state index is 5.88. The molecule has 0 radical (unpaired) electrons. The monoisotopic (exact) mass is 321 g/mol. The molecular formula is C23H31N. The molecular weight excluding hydrogens is 290 g/mol. The van der Waals surface area contributed by atoms with E-state index in [0.717, 1.165) is 12.1 Å². The Morgan fingerprint density at radius 3 is 2.46 bits per heavy atom. The fourth-order valence-corrected chi connectivity index (χ4v) is 4.79. The lowest BCUT2D eigenvalue weighted by Crippen LogP contribution is -2.34. The van der Waals surface area contributed by atoms with E-state index in [4.69, 9.17) is 5.73 Å². The van der Waals surface area contributed by atoms with Crippen molar-refractivity contribution in [2.24, 2.45) is 5.41 Å². The van der Waals surface area contributed by atoms with Crippen molar-refractivity contribution < 1.29 is 0 Å². The van der Waals surface area contributed by atoms with Crippen LogP contribution in [0.15, 0.2) is 48.5 Å². The fraction of sp³-hybridized carbons (Fsp3) is 0.478. The molecule has 0 spiro atoms. The molecule has 128 valence electrons. The summed E-state index contributed by atoms with van der Waals surface area (Å²) in [5, 5.41) is 0. The molecule has 24 heavy (non-hydrogen) atoms. The van der Waals surface area contributed by atoms with E-state index in [2.05, 4.69) is 62.4 Å². The minimum Gasteiger partial charge on any atom is -0.399 e.